The molecule has 0 radical (unpaired) electrons. The van der Waals surface area contributed by atoms with Gasteiger partial charge >= 0.3 is 0 Å². The molecule has 1 amide bonds. The summed E-state index contributed by atoms with van der Waals surface area (Å²) in [7, 11) is 0. The number of hydrogen-bond acceptors (Lipinski definition) is 1. The Morgan fingerprint density at radius 2 is 2.23 bits per heavy atom. The Hall–Kier alpha value is -0.530. The van der Waals surface area contributed by atoms with Crippen LogP contribution in [0.15, 0.2) is 0 Å². The monoisotopic (exact) mass is 181 g/mol. The third-order valence-corrected chi connectivity index (χ3v) is 3.77. The Balaban J connectivity index is 2.02. The van der Waals surface area contributed by atoms with Crippen LogP contribution in [0.25, 0.3) is 0 Å². The lowest BCUT2D eigenvalue weighted by Crippen LogP contribution is -2.23. The van der Waals surface area contributed by atoms with Crippen LogP contribution >= 0.6 is 0 Å². The minimum absolute atomic E-state index is 0.273. The van der Waals surface area contributed by atoms with Crippen molar-refractivity contribution in [2.75, 3.05) is 6.54 Å². The highest BCUT2D eigenvalue weighted by Crippen LogP contribution is 2.41. The number of carbonyl (C=O) groups is 1. The van der Waals surface area contributed by atoms with E-state index >= 15 is 0 Å². The van der Waals surface area contributed by atoms with Gasteiger partial charge in [-0.3, -0.25) is 4.79 Å². The van der Waals surface area contributed by atoms with E-state index in [2.05, 4.69) is 12.2 Å². The number of carbonyl (C=O) groups excluding carboxylic acids is 1. The molecule has 1 aliphatic carbocycles. The van der Waals surface area contributed by atoms with Crippen LogP contribution in [0.4, 0.5) is 0 Å². The van der Waals surface area contributed by atoms with E-state index in [0.29, 0.717) is 5.41 Å². The van der Waals surface area contributed by atoms with Crippen LogP contribution in [0.5, 0.6) is 0 Å². The van der Waals surface area contributed by atoms with Gasteiger partial charge in [0.15, 0.2) is 0 Å². The maximum atomic E-state index is 11.2. The van der Waals surface area contributed by atoms with Crippen LogP contribution in [0.1, 0.15) is 45.4 Å². The SMILES string of the molecule is CC1CCCC2(CC1)CNC(=O)C2. The van der Waals surface area contributed by atoms with E-state index in [1.165, 1.54) is 32.1 Å². The van der Waals surface area contributed by atoms with E-state index in [4.69, 9.17) is 0 Å². The Bertz CT molecular complexity index is 214. The summed E-state index contributed by atoms with van der Waals surface area (Å²) in [6.07, 6.45) is 7.30. The quantitative estimate of drug-likeness (QED) is 0.609. The predicted octanol–water partition coefficient (Wildman–Crippen LogP) is 2.09. The van der Waals surface area contributed by atoms with Gasteiger partial charge in [0.1, 0.15) is 0 Å². The molecule has 1 heterocycles. The highest BCUT2D eigenvalue weighted by molar-refractivity contribution is 5.79. The first-order valence-electron chi connectivity index (χ1n) is 5.47. The van der Waals surface area contributed by atoms with Crippen molar-refractivity contribution in [3.63, 3.8) is 0 Å². The lowest BCUT2D eigenvalue weighted by Gasteiger charge is -2.24. The van der Waals surface area contributed by atoms with Crippen LogP contribution in [-0.4, -0.2) is 12.5 Å². The number of rotatable bonds is 0. The van der Waals surface area contributed by atoms with Crippen LogP contribution in [0.2, 0.25) is 0 Å². The van der Waals surface area contributed by atoms with E-state index in [-0.39, 0.29) is 5.91 Å². The van der Waals surface area contributed by atoms with Crippen LogP contribution < -0.4 is 5.32 Å². The Morgan fingerprint density at radius 1 is 1.38 bits per heavy atom. The van der Waals surface area contributed by atoms with Gasteiger partial charge in [-0.05, 0) is 24.2 Å². The van der Waals surface area contributed by atoms with Gasteiger partial charge in [0.05, 0.1) is 0 Å². The fourth-order valence-corrected chi connectivity index (χ4v) is 2.75. The summed E-state index contributed by atoms with van der Waals surface area (Å²) < 4.78 is 0. The molecule has 1 N–H and O–H groups in total. The molecule has 1 saturated heterocycles. The van der Waals surface area contributed by atoms with E-state index < -0.39 is 0 Å². The molecule has 1 aliphatic heterocycles. The largest absolute Gasteiger partial charge is 0.356 e. The summed E-state index contributed by atoms with van der Waals surface area (Å²) in [6, 6.07) is 0. The number of nitrogens with one attached hydrogen (secondary N) is 1. The molecule has 13 heavy (non-hydrogen) atoms. The van der Waals surface area contributed by atoms with Crippen LogP contribution in [0.3, 0.4) is 0 Å². The van der Waals surface area contributed by atoms with Crippen molar-refractivity contribution < 1.29 is 4.79 Å². The minimum Gasteiger partial charge on any atom is -0.356 e. The highest BCUT2D eigenvalue weighted by atomic mass is 16.1. The third kappa shape index (κ3) is 1.87. The van der Waals surface area contributed by atoms with E-state index in [1.54, 1.807) is 0 Å². The molecule has 2 fully saturated rings. The highest BCUT2D eigenvalue weighted by Gasteiger charge is 2.38. The molecule has 2 atom stereocenters. The number of hydrogen-bond donors (Lipinski definition) is 1. The molecule has 2 rings (SSSR count). The summed E-state index contributed by atoms with van der Waals surface area (Å²) in [5, 5.41) is 2.98. The van der Waals surface area contributed by atoms with Crippen molar-refractivity contribution >= 4 is 5.91 Å². The smallest absolute Gasteiger partial charge is 0.220 e. The Labute approximate surface area is 80.1 Å². The van der Waals surface area contributed by atoms with Gasteiger partial charge in [0.25, 0.3) is 0 Å². The fourth-order valence-electron chi connectivity index (χ4n) is 2.75. The molecule has 74 valence electrons. The van der Waals surface area contributed by atoms with Crippen LogP contribution in [-0.2, 0) is 4.79 Å². The summed E-state index contributed by atoms with van der Waals surface area (Å²) in [6.45, 7) is 3.28. The van der Waals surface area contributed by atoms with Crippen molar-refractivity contribution in [3.8, 4) is 0 Å². The van der Waals surface area contributed by atoms with Gasteiger partial charge < -0.3 is 5.32 Å². The molecule has 0 aromatic rings. The number of amides is 1. The normalized spacial score (nSPS) is 40.4. The van der Waals surface area contributed by atoms with E-state index in [9.17, 15) is 4.79 Å². The molecule has 0 bridgehead atoms. The average molecular weight is 181 g/mol. The van der Waals surface area contributed by atoms with Crippen LogP contribution in [0, 0.1) is 11.3 Å². The van der Waals surface area contributed by atoms with Crippen molar-refractivity contribution in [2.45, 2.75) is 45.4 Å². The molecule has 2 nitrogen and oxygen atoms in total. The summed E-state index contributed by atoms with van der Waals surface area (Å²) in [5.74, 6) is 1.14. The lowest BCUT2D eigenvalue weighted by atomic mass is 9.79. The Morgan fingerprint density at radius 3 is 2.92 bits per heavy atom. The van der Waals surface area contributed by atoms with Crippen molar-refractivity contribution in [3.05, 3.63) is 0 Å². The van der Waals surface area contributed by atoms with Gasteiger partial charge in [-0.15, -0.1) is 0 Å². The van der Waals surface area contributed by atoms with Gasteiger partial charge in [-0.1, -0.05) is 26.2 Å². The average Bonchev–Trinajstić information content (AvgIpc) is 2.35. The first kappa shape index (κ1) is 9.04. The molecule has 2 heteroatoms. The molecule has 0 aromatic carbocycles. The standard InChI is InChI=1S/C11H19NO/c1-9-3-2-5-11(6-4-9)7-10(13)12-8-11/h9H,2-8H2,1H3,(H,12,13). The third-order valence-electron chi connectivity index (χ3n) is 3.77. The van der Waals surface area contributed by atoms with Crippen molar-refractivity contribution in [1.29, 1.82) is 0 Å². The Kier molecular flexibility index (Phi) is 2.31. The first-order chi connectivity index (χ1) is 6.20. The van der Waals surface area contributed by atoms with Crippen molar-refractivity contribution in [1.82, 2.24) is 5.32 Å². The molecule has 2 aliphatic rings. The second-order valence-corrected chi connectivity index (χ2v) is 4.99. The summed E-state index contributed by atoms with van der Waals surface area (Å²) >= 11 is 0. The second-order valence-electron chi connectivity index (χ2n) is 4.99. The van der Waals surface area contributed by atoms with Gasteiger partial charge in [0.2, 0.25) is 5.91 Å². The molecule has 1 saturated carbocycles. The maximum absolute atomic E-state index is 11.2. The van der Waals surface area contributed by atoms with Gasteiger partial charge in [0, 0.05) is 13.0 Å². The fraction of sp³-hybridized carbons (Fsp3) is 0.909. The van der Waals surface area contributed by atoms with Crippen molar-refractivity contribution in [2.24, 2.45) is 11.3 Å². The van der Waals surface area contributed by atoms with Gasteiger partial charge in [-0.2, -0.15) is 0 Å². The molecule has 0 aromatic heterocycles. The second kappa shape index (κ2) is 3.32. The molecular weight excluding hydrogens is 162 g/mol. The summed E-state index contributed by atoms with van der Waals surface area (Å²) in [4.78, 5) is 11.2. The molecule has 1 spiro atoms. The maximum Gasteiger partial charge on any atom is 0.220 e. The van der Waals surface area contributed by atoms with E-state index in [1.807, 2.05) is 0 Å². The van der Waals surface area contributed by atoms with E-state index in [0.717, 1.165) is 18.9 Å². The minimum atomic E-state index is 0.273. The first-order valence-corrected chi connectivity index (χ1v) is 5.47. The lowest BCUT2D eigenvalue weighted by molar-refractivity contribution is -0.119. The predicted molar refractivity (Wildman–Crippen MR) is 52.3 cm³/mol. The molecular formula is C11H19NO. The zero-order valence-electron chi connectivity index (χ0n) is 8.44. The topological polar surface area (TPSA) is 29.1 Å². The molecule has 2 unspecified atom stereocenters. The zero-order chi connectivity index (χ0) is 9.31. The zero-order valence-corrected chi connectivity index (χ0v) is 8.44. The summed E-state index contributed by atoms with van der Waals surface area (Å²) in [5.41, 5.74) is 0.349. The van der Waals surface area contributed by atoms with Gasteiger partial charge in [-0.25, -0.2) is 0 Å².